The number of fused-ring (bicyclic) bond motifs is 1. The van der Waals surface area contributed by atoms with E-state index in [2.05, 4.69) is 16.8 Å². The molecule has 3 aromatic carbocycles. The van der Waals surface area contributed by atoms with Crippen molar-refractivity contribution < 1.29 is 23.9 Å². The van der Waals surface area contributed by atoms with Crippen LogP contribution in [0.15, 0.2) is 66.7 Å². The SMILES string of the molecule is CCCc1nc2ccc(N3C(=O)NC(C)C3=O)cc2n1Cc1ccc(-c2ccccc2OC(=O)OC(C)(C)C)cc1. The number of nitrogens with one attached hydrogen (secondary N) is 1. The van der Waals surface area contributed by atoms with Gasteiger partial charge in [0.05, 0.1) is 16.7 Å². The van der Waals surface area contributed by atoms with E-state index in [1.807, 2.05) is 54.6 Å². The summed E-state index contributed by atoms with van der Waals surface area (Å²) < 4.78 is 13.0. The van der Waals surface area contributed by atoms with Crippen LogP contribution in [-0.2, 0) is 22.5 Å². The molecule has 0 spiro atoms. The number of benzene rings is 3. The minimum atomic E-state index is -0.751. The lowest BCUT2D eigenvalue weighted by atomic mass is 10.0. The van der Waals surface area contributed by atoms with Crippen molar-refractivity contribution in [3.05, 3.63) is 78.1 Å². The number of anilines is 1. The van der Waals surface area contributed by atoms with Gasteiger partial charge in [-0.3, -0.25) is 4.79 Å². The molecule has 1 atom stereocenters. The normalized spacial score (nSPS) is 15.3. The molecule has 1 aliphatic rings. The summed E-state index contributed by atoms with van der Waals surface area (Å²) in [6.45, 7) is 9.71. The first kappa shape index (κ1) is 27.9. The molecule has 9 nitrogen and oxygen atoms in total. The van der Waals surface area contributed by atoms with Gasteiger partial charge in [-0.2, -0.15) is 0 Å². The number of imidazole rings is 1. The average Bonchev–Trinajstić information content (AvgIpc) is 3.38. The average molecular weight is 555 g/mol. The third kappa shape index (κ3) is 5.94. The second-order valence-electron chi connectivity index (χ2n) is 11.1. The molecule has 0 bridgehead atoms. The van der Waals surface area contributed by atoms with Crippen molar-refractivity contribution in [3.63, 3.8) is 0 Å². The largest absolute Gasteiger partial charge is 0.514 e. The molecular formula is C32H34N4O5. The minimum absolute atomic E-state index is 0.277. The van der Waals surface area contributed by atoms with E-state index in [4.69, 9.17) is 14.5 Å². The highest BCUT2D eigenvalue weighted by molar-refractivity contribution is 6.21. The highest BCUT2D eigenvalue weighted by atomic mass is 16.7. The van der Waals surface area contributed by atoms with Crippen LogP contribution >= 0.6 is 0 Å². The summed E-state index contributed by atoms with van der Waals surface area (Å²) in [4.78, 5) is 43.4. The maximum Gasteiger partial charge on any atom is 0.514 e. The zero-order valence-corrected chi connectivity index (χ0v) is 23.9. The number of carbonyl (C=O) groups excluding carboxylic acids is 3. The summed E-state index contributed by atoms with van der Waals surface area (Å²) in [5.74, 6) is 1.08. The van der Waals surface area contributed by atoms with E-state index >= 15 is 0 Å². The summed E-state index contributed by atoms with van der Waals surface area (Å²) in [6.07, 6.45) is 0.963. The van der Waals surface area contributed by atoms with Gasteiger partial charge < -0.3 is 19.4 Å². The molecule has 1 fully saturated rings. The Hall–Kier alpha value is -4.66. The predicted octanol–water partition coefficient (Wildman–Crippen LogP) is 6.46. The van der Waals surface area contributed by atoms with E-state index in [1.54, 1.807) is 39.8 Å². The lowest BCUT2D eigenvalue weighted by Gasteiger charge is -2.19. The molecule has 4 aromatic rings. The van der Waals surface area contributed by atoms with Crippen molar-refractivity contribution in [1.29, 1.82) is 0 Å². The van der Waals surface area contributed by atoms with E-state index in [0.717, 1.165) is 46.4 Å². The molecule has 2 heterocycles. The molecule has 1 aliphatic heterocycles. The second kappa shape index (κ2) is 11.1. The van der Waals surface area contributed by atoms with Crippen molar-refractivity contribution in [3.8, 4) is 16.9 Å². The summed E-state index contributed by atoms with van der Waals surface area (Å²) in [6, 6.07) is 19.9. The van der Waals surface area contributed by atoms with E-state index in [9.17, 15) is 14.4 Å². The lowest BCUT2D eigenvalue weighted by molar-refractivity contribution is -0.117. The first-order chi connectivity index (χ1) is 19.5. The molecule has 1 N–H and O–H groups in total. The van der Waals surface area contributed by atoms with Crippen molar-refractivity contribution in [2.45, 2.75) is 65.6 Å². The summed E-state index contributed by atoms with van der Waals surface area (Å²) in [7, 11) is 0. The number of hydrogen-bond donors (Lipinski definition) is 1. The minimum Gasteiger partial charge on any atom is -0.428 e. The molecular weight excluding hydrogens is 520 g/mol. The number of ether oxygens (including phenoxy) is 2. The maximum absolute atomic E-state index is 12.6. The summed E-state index contributed by atoms with van der Waals surface area (Å²) >= 11 is 0. The number of urea groups is 1. The Morgan fingerprint density at radius 1 is 1.02 bits per heavy atom. The van der Waals surface area contributed by atoms with Gasteiger partial charge in [0.1, 0.15) is 23.2 Å². The van der Waals surface area contributed by atoms with Crippen LogP contribution in [0, 0.1) is 0 Å². The van der Waals surface area contributed by atoms with E-state index < -0.39 is 23.8 Å². The van der Waals surface area contributed by atoms with E-state index in [1.165, 1.54) is 4.90 Å². The number of para-hydroxylation sites is 1. The quantitative estimate of drug-likeness (QED) is 0.160. The summed E-state index contributed by atoms with van der Waals surface area (Å²) in [5.41, 5.74) is 4.24. The highest BCUT2D eigenvalue weighted by Gasteiger charge is 2.36. The molecule has 9 heteroatoms. The van der Waals surface area contributed by atoms with Gasteiger partial charge in [0.2, 0.25) is 0 Å². The number of amides is 3. The molecule has 41 heavy (non-hydrogen) atoms. The Morgan fingerprint density at radius 3 is 2.41 bits per heavy atom. The molecule has 0 saturated carbocycles. The molecule has 212 valence electrons. The Kier molecular flexibility index (Phi) is 7.53. The molecule has 0 radical (unpaired) electrons. The Balaban J connectivity index is 1.43. The smallest absolute Gasteiger partial charge is 0.428 e. The van der Waals surface area contributed by atoms with Gasteiger partial charge in [-0.1, -0.05) is 49.4 Å². The van der Waals surface area contributed by atoms with Crippen LogP contribution in [0.2, 0.25) is 0 Å². The van der Waals surface area contributed by atoms with Crippen molar-refractivity contribution in [2.75, 3.05) is 4.90 Å². The number of carbonyl (C=O) groups is 3. The molecule has 1 saturated heterocycles. The standard InChI is InChI=1S/C32H34N4O5/c1-6-9-28-34-25-17-16-23(36-29(37)20(2)33-30(36)38)18-26(25)35(28)19-21-12-14-22(15-13-21)24-10-7-8-11-27(24)40-31(39)41-32(3,4)5/h7-8,10-18,20H,6,9,19H2,1-5H3,(H,33,38). The predicted molar refractivity (Wildman–Crippen MR) is 157 cm³/mol. The third-order valence-electron chi connectivity index (χ3n) is 6.75. The summed E-state index contributed by atoms with van der Waals surface area (Å²) in [5, 5.41) is 2.67. The van der Waals surface area contributed by atoms with Gasteiger partial charge in [0.25, 0.3) is 5.91 Å². The van der Waals surface area contributed by atoms with Gasteiger partial charge in [0, 0.05) is 18.5 Å². The maximum atomic E-state index is 12.6. The monoisotopic (exact) mass is 554 g/mol. The van der Waals surface area contributed by atoms with Crippen LogP contribution in [0.4, 0.5) is 15.3 Å². The fourth-order valence-corrected chi connectivity index (χ4v) is 4.87. The third-order valence-corrected chi connectivity index (χ3v) is 6.75. The first-order valence-corrected chi connectivity index (χ1v) is 13.8. The topological polar surface area (TPSA) is 103 Å². The highest BCUT2D eigenvalue weighted by Crippen LogP contribution is 2.32. The van der Waals surface area contributed by atoms with Gasteiger partial charge in [-0.05, 0) is 69.5 Å². The molecule has 1 unspecified atom stereocenters. The van der Waals surface area contributed by atoms with Gasteiger partial charge >= 0.3 is 12.2 Å². The molecule has 5 rings (SSSR count). The molecule has 3 amide bonds. The fourth-order valence-electron chi connectivity index (χ4n) is 4.87. The van der Waals surface area contributed by atoms with Crippen LogP contribution in [0.25, 0.3) is 22.2 Å². The van der Waals surface area contributed by atoms with Crippen LogP contribution in [-0.4, -0.2) is 39.3 Å². The van der Waals surface area contributed by atoms with Crippen molar-refractivity contribution in [2.24, 2.45) is 0 Å². The molecule has 1 aromatic heterocycles. The lowest BCUT2D eigenvalue weighted by Crippen LogP contribution is -2.30. The number of aromatic nitrogens is 2. The number of nitrogens with zero attached hydrogens (tertiary/aromatic N) is 3. The van der Waals surface area contributed by atoms with Crippen molar-refractivity contribution in [1.82, 2.24) is 14.9 Å². The van der Waals surface area contributed by atoms with E-state index in [0.29, 0.717) is 18.0 Å². The van der Waals surface area contributed by atoms with Gasteiger partial charge in [0.15, 0.2) is 0 Å². The number of aryl methyl sites for hydroxylation is 1. The Morgan fingerprint density at radius 2 is 1.76 bits per heavy atom. The van der Waals surface area contributed by atoms with Gasteiger partial charge in [-0.25, -0.2) is 19.5 Å². The van der Waals surface area contributed by atoms with Crippen LogP contribution < -0.4 is 15.0 Å². The van der Waals surface area contributed by atoms with E-state index in [-0.39, 0.29) is 5.91 Å². The number of imide groups is 1. The first-order valence-electron chi connectivity index (χ1n) is 13.8. The zero-order valence-electron chi connectivity index (χ0n) is 23.9. The van der Waals surface area contributed by atoms with Crippen LogP contribution in [0.3, 0.4) is 0 Å². The Labute approximate surface area is 239 Å². The zero-order chi connectivity index (χ0) is 29.3. The Bertz CT molecular complexity index is 1620. The van der Waals surface area contributed by atoms with Crippen LogP contribution in [0.5, 0.6) is 5.75 Å². The van der Waals surface area contributed by atoms with Crippen LogP contribution in [0.1, 0.15) is 52.4 Å². The molecule has 0 aliphatic carbocycles. The fraction of sp³-hybridized carbons (Fsp3) is 0.312. The number of rotatable bonds is 7. The second-order valence-corrected chi connectivity index (χ2v) is 11.1. The van der Waals surface area contributed by atoms with Crippen molar-refractivity contribution >= 4 is 34.8 Å². The van der Waals surface area contributed by atoms with Gasteiger partial charge in [-0.15, -0.1) is 0 Å². The number of hydrogen-bond acceptors (Lipinski definition) is 6.